The molecule has 29 heavy (non-hydrogen) atoms. The second kappa shape index (κ2) is 9.29. The molecule has 2 amide bonds. The van der Waals surface area contributed by atoms with Crippen LogP contribution in [0.25, 0.3) is 0 Å². The zero-order valence-corrected chi connectivity index (χ0v) is 17.1. The molecule has 2 aliphatic rings. The number of aliphatic carboxylic acids is 1. The maximum Gasteiger partial charge on any atom is 0.327 e. The van der Waals surface area contributed by atoms with Gasteiger partial charge in [-0.15, -0.1) is 0 Å². The SMILES string of the molecule is C=C1[C@H](Cc2ccnc(N)c2)[C@@H](C(=O)O)N1C(=O)N[C@H](C)C1CCCCCCC1. The van der Waals surface area contributed by atoms with E-state index in [4.69, 9.17) is 5.73 Å². The fraction of sp³-hybridized carbons (Fsp3) is 0.591. The normalized spacial score (nSPS) is 24.2. The van der Waals surface area contributed by atoms with Crippen LogP contribution in [-0.2, 0) is 11.2 Å². The molecule has 1 saturated carbocycles. The van der Waals surface area contributed by atoms with E-state index in [9.17, 15) is 14.7 Å². The van der Waals surface area contributed by atoms with Gasteiger partial charge in [-0.2, -0.15) is 0 Å². The molecule has 2 heterocycles. The Morgan fingerprint density at radius 1 is 1.31 bits per heavy atom. The molecule has 158 valence electrons. The molecule has 0 unspecified atom stereocenters. The van der Waals surface area contributed by atoms with E-state index in [1.54, 1.807) is 12.3 Å². The van der Waals surface area contributed by atoms with Gasteiger partial charge in [0.15, 0.2) is 0 Å². The number of nitrogen functional groups attached to an aromatic ring is 1. The van der Waals surface area contributed by atoms with Crippen molar-refractivity contribution in [3.63, 3.8) is 0 Å². The molecule has 0 bridgehead atoms. The molecule has 0 spiro atoms. The second-order valence-corrected chi connectivity index (χ2v) is 8.39. The number of carboxylic acid groups (broad SMARTS) is 1. The summed E-state index contributed by atoms with van der Waals surface area (Å²) in [5.41, 5.74) is 7.14. The maximum atomic E-state index is 12.9. The van der Waals surface area contributed by atoms with E-state index < -0.39 is 12.0 Å². The van der Waals surface area contributed by atoms with Crippen LogP contribution in [0.2, 0.25) is 0 Å². The van der Waals surface area contributed by atoms with Gasteiger partial charge >= 0.3 is 12.0 Å². The molecular weight excluding hydrogens is 368 g/mol. The highest BCUT2D eigenvalue weighted by molar-refractivity contribution is 5.88. The number of hydrogen-bond acceptors (Lipinski definition) is 4. The molecule has 1 saturated heterocycles. The van der Waals surface area contributed by atoms with Gasteiger partial charge in [0.05, 0.1) is 0 Å². The van der Waals surface area contributed by atoms with Crippen molar-refractivity contribution in [3.05, 3.63) is 36.2 Å². The van der Waals surface area contributed by atoms with E-state index >= 15 is 0 Å². The highest BCUT2D eigenvalue weighted by atomic mass is 16.4. The highest BCUT2D eigenvalue weighted by Gasteiger charge is 2.50. The fourth-order valence-corrected chi connectivity index (χ4v) is 4.65. The Balaban J connectivity index is 1.63. The first-order valence-electron chi connectivity index (χ1n) is 10.6. The Morgan fingerprint density at radius 2 is 1.97 bits per heavy atom. The third kappa shape index (κ3) is 4.89. The Labute approximate surface area is 172 Å². The molecule has 1 aliphatic heterocycles. The van der Waals surface area contributed by atoms with E-state index in [1.165, 1.54) is 37.0 Å². The summed E-state index contributed by atoms with van der Waals surface area (Å²) in [7, 11) is 0. The minimum absolute atomic E-state index is 0.0156. The average molecular weight is 401 g/mol. The predicted octanol–water partition coefficient (Wildman–Crippen LogP) is 3.56. The molecule has 2 fully saturated rings. The quantitative estimate of drug-likeness (QED) is 0.700. The van der Waals surface area contributed by atoms with Crippen molar-refractivity contribution in [1.29, 1.82) is 0 Å². The van der Waals surface area contributed by atoms with Crippen molar-refractivity contribution in [1.82, 2.24) is 15.2 Å². The van der Waals surface area contributed by atoms with E-state index in [1.807, 2.05) is 13.0 Å². The van der Waals surface area contributed by atoms with Crippen molar-refractivity contribution in [2.75, 3.05) is 5.73 Å². The van der Waals surface area contributed by atoms with Crippen molar-refractivity contribution in [2.45, 2.75) is 70.4 Å². The Morgan fingerprint density at radius 3 is 2.59 bits per heavy atom. The summed E-state index contributed by atoms with van der Waals surface area (Å²) in [6.45, 7) is 6.03. The summed E-state index contributed by atoms with van der Waals surface area (Å²) in [4.78, 5) is 30.0. The van der Waals surface area contributed by atoms with Gasteiger partial charge in [-0.3, -0.25) is 4.90 Å². The van der Waals surface area contributed by atoms with Gasteiger partial charge in [0.1, 0.15) is 11.9 Å². The summed E-state index contributed by atoms with van der Waals surface area (Å²) >= 11 is 0. The van der Waals surface area contributed by atoms with Gasteiger partial charge < -0.3 is 16.2 Å². The monoisotopic (exact) mass is 400 g/mol. The van der Waals surface area contributed by atoms with Crippen LogP contribution in [0.5, 0.6) is 0 Å². The molecule has 7 heteroatoms. The molecule has 1 aliphatic carbocycles. The Kier molecular flexibility index (Phi) is 6.77. The number of carbonyl (C=O) groups is 2. The van der Waals surface area contributed by atoms with Gasteiger partial charge in [-0.05, 0) is 49.8 Å². The van der Waals surface area contributed by atoms with Crippen LogP contribution in [0.4, 0.5) is 10.6 Å². The first-order chi connectivity index (χ1) is 13.9. The molecule has 7 nitrogen and oxygen atoms in total. The van der Waals surface area contributed by atoms with Crippen LogP contribution >= 0.6 is 0 Å². The van der Waals surface area contributed by atoms with E-state index in [-0.39, 0.29) is 18.0 Å². The molecule has 4 N–H and O–H groups in total. The van der Waals surface area contributed by atoms with E-state index in [0.29, 0.717) is 23.9 Å². The summed E-state index contributed by atoms with van der Waals surface area (Å²) in [6.07, 6.45) is 10.5. The number of nitrogens with zero attached hydrogens (tertiary/aromatic N) is 2. The number of pyridine rings is 1. The number of nitrogens with two attached hydrogens (primary N) is 1. The molecule has 0 aromatic carbocycles. The zero-order valence-electron chi connectivity index (χ0n) is 17.1. The summed E-state index contributed by atoms with van der Waals surface area (Å²) in [6, 6.07) is 2.28. The summed E-state index contributed by atoms with van der Waals surface area (Å²) in [5.74, 6) is -0.524. The summed E-state index contributed by atoms with van der Waals surface area (Å²) < 4.78 is 0. The lowest BCUT2D eigenvalue weighted by Crippen LogP contribution is -2.63. The number of rotatable bonds is 5. The van der Waals surface area contributed by atoms with Crippen LogP contribution in [0.3, 0.4) is 0 Å². The minimum Gasteiger partial charge on any atom is -0.480 e. The molecule has 1 aromatic heterocycles. The van der Waals surface area contributed by atoms with Gasteiger partial charge in [-0.1, -0.05) is 38.7 Å². The Hall–Kier alpha value is -2.57. The fourth-order valence-electron chi connectivity index (χ4n) is 4.65. The lowest BCUT2D eigenvalue weighted by atomic mass is 9.80. The number of carboxylic acids is 1. The molecule has 1 aromatic rings. The third-order valence-electron chi connectivity index (χ3n) is 6.38. The third-order valence-corrected chi connectivity index (χ3v) is 6.38. The van der Waals surface area contributed by atoms with Crippen molar-refractivity contribution in [2.24, 2.45) is 11.8 Å². The number of amides is 2. The smallest absolute Gasteiger partial charge is 0.327 e. The van der Waals surface area contributed by atoms with Crippen LogP contribution in [0.15, 0.2) is 30.6 Å². The van der Waals surface area contributed by atoms with Crippen LogP contribution in [0.1, 0.15) is 57.4 Å². The van der Waals surface area contributed by atoms with Crippen molar-refractivity contribution >= 4 is 17.8 Å². The average Bonchev–Trinajstić information content (AvgIpc) is 2.63. The van der Waals surface area contributed by atoms with Gasteiger partial charge in [0.25, 0.3) is 0 Å². The number of anilines is 1. The lowest BCUT2D eigenvalue weighted by Gasteiger charge is -2.48. The molecule has 3 rings (SSSR count). The first-order valence-corrected chi connectivity index (χ1v) is 10.6. The molecule has 3 atom stereocenters. The number of urea groups is 1. The zero-order chi connectivity index (χ0) is 21.0. The van der Waals surface area contributed by atoms with Gasteiger partial charge in [0.2, 0.25) is 0 Å². The molecular formula is C22H32N4O3. The lowest BCUT2D eigenvalue weighted by molar-refractivity contribution is -0.147. The molecule has 0 radical (unpaired) electrons. The standard InChI is InChI=1S/C22H32N4O3/c1-14(17-8-6-4-3-5-7-9-17)25-22(29)26-15(2)18(20(26)21(27)28)12-16-10-11-24-19(23)13-16/h10-11,13-14,17-18,20H,2-9,12H2,1H3,(H2,23,24)(H,25,29)(H,27,28)/t14-,18+,20+/m1/s1. The number of hydrogen-bond donors (Lipinski definition) is 3. The van der Waals surface area contributed by atoms with Crippen molar-refractivity contribution in [3.8, 4) is 0 Å². The predicted molar refractivity (Wildman–Crippen MR) is 112 cm³/mol. The maximum absolute atomic E-state index is 12.9. The summed E-state index contributed by atoms with van der Waals surface area (Å²) in [5, 5.41) is 12.8. The number of nitrogens with one attached hydrogen (secondary N) is 1. The first kappa shape index (κ1) is 21.1. The largest absolute Gasteiger partial charge is 0.480 e. The van der Waals surface area contributed by atoms with Crippen molar-refractivity contribution < 1.29 is 14.7 Å². The van der Waals surface area contributed by atoms with Crippen LogP contribution < -0.4 is 11.1 Å². The van der Waals surface area contributed by atoms with Gasteiger partial charge in [-0.25, -0.2) is 14.6 Å². The number of aromatic nitrogens is 1. The number of likely N-dealkylation sites (tertiary alicyclic amines) is 1. The van der Waals surface area contributed by atoms with E-state index in [0.717, 1.165) is 18.4 Å². The Bertz CT molecular complexity index is 758. The van der Waals surface area contributed by atoms with Crippen LogP contribution in [-0.4, -0.2) is 39.1 Å². The topological polar surface area (TPSA) is 109 Å². The van der Waals surface area contributed by atoms with Crippen LogP contribution in [0, 0.1) is 11.8 Å². The van der Waals surface area contributed by atoms with Gasteiger partial charge in [0, 0.05) is 23.9 Å². The second-order valence-electron chi connectivity index (χ2n) is 8.39. The number of carbonyl (C=O) groups excluding carboxylic acids is 1. The highest BCUT2D eigenvalue weighted by Crippen LogP contribution is 2.38. The minimum atomic E-state index is -1.02. The van der Waals surface area contributed by atoms with E-state index in [2.05, 4.69) is 16.9 Å².